The highest BCUT2D eigenvalue weighted by atomic mass is 79.9. The van der Waals surface area contributed by atoms with Crippen molar-refractivity contribution in [3.05, 3.63) is 63.9 Å². The van der Waals surface area contributed by atoms with E-state index in [0.717, 1.165) is 22.1 Å². The molecular weight excluding hydrogens is 321 g/mol. The lowest BCUT2D eigenvalue weighted by molar-refractivity contribution is 0.202. The standard InChI is InChI=1S/C16H17BrFNO/c1-20-9-8-12-4-2-3-5-16(12)19-11-13-10-14(18)6-7-15(13)17/h2-7,10,19H,8-9,11H2,1H3. The van der Waals surface area contributed by atoms with Gasteiger partial charge >= 0.3 is 0 Å². The van der Waals surface area contributed by atoms with Gasteiger partial charge in [-0.1, -0.05) is 34.1 Å². The van der Waals surface area contributed by atoms with Crippen LogP contribution in [0.5, 0.6) is 0 Å². The maximum Gasteiger partial charge on any atom is 0.123 e. The molecule has 2 rings (SSSR count). The Bertz CT molecular complexity index is 574. The van der Waals surface area contributed by atoms with E-state index in [9.17, 15) is 4.39 Å². The molecule has 0 atom stereocenters. The van der Waals surface area contributed by atoms with Crippen LogP contribution in [0.25, 0.3) is 0 Å². The van der Waals surface area contributed by atoms with Gasteiger partial charge in [-0.05, 0) is 41.8 Å². The summed E-state index contributed by atoms with van der Waals surface area (Å²) in [6.07, 6.45) is 0.851. The molecule has 2 nitrogen and oxygen atoms in total. The summed E-state index contributed by atoms with van der Waals surface area (Å²) in [4.78, 5) is 0. The van der Waals surface area contributed by atoms with E-state index in [0.29, 0.717) is 13.2 Å². The monoisotopic (exact) mass is 337 g/mol. The number of methoxy groups -OCH3 is 1. The van der Waals surface area contributed by atoms with Crippen molar-refractivity contribution in [2.45, 2.75) is 13.0 Å². The fourth-order valence-electron chi connectivity index (χ4n) is 1.99. The number of para-hydroxylation sites is 1. The predicted octanol–water partition coefficient (Wildman–Crippen LogP) is 4.39. The normalized spacial score (nSPS) is 10.6. The first-order chi connectivity index (χ1) is 9.70. The summed E-state index contributed by atoms with van der Waals surface area (Å²) in [7, 11) is 1.69. The number of hydrogen-bond acceptors (Lipinski definition) is 2. The zero-order valence-corrected chi connectivity index (χ0v) is 12.9. The number of rotatable bonds is 6. The van der Waals surface area contributed by atoms with Crippen LogP contribution in [0.4, 0.5) is 10.1 Å². The van der Waals surface area contributed by atoms with E-state index >= 15 is 0 Å². The van der Waals surface area contributed by atoms with E-state index in [2.05, 4.69) is 27.3 Å². The smallest absolute Gasteiger partial charge is 0.123 e. The number of nitrogens with one attached hydrogen (secondary N) is 1. The van der Waals surface area contributed by atoms with E-state index in [-0.39, 0.29) is 5.82 Å². The number of hydrogen-bond donors (Lipinski definition) is 1. The van der Waals surface area contributed by atoms with Gasteiger partial charge in [-0.2, -0.15) is 0 Å². The molecule has 1 N–H and O–H groups in total. The fourth-order valence-corrected chi connectivity index (χ4v) is 2.38. The maximum atomic E-state index is 13.3. The van der Waals surface area contributed by atoms with E-state index in [4.69, 9.17) is 4.74 Å². The van der Waals surface area contributed by atoms with E-state index < -0.39 is 0 Å². The van der Waals surface area contributed by atoms with Gasteiger partial charge in [0.25, 0.3) is 0 Å². The topological polar surface area (TPSA) is 21.3 Å². The molecule has 0 aliphatic rings. The van der Waals surface area contributed by atoms with Gasteiger partial charge in [-0.3, -0.25) is 0 Å². The van der Waals surface area contributed by atoms with Crippen LogP contribution in [0.1, 0.15) is 11.1 Å². The molecule has 2 aromatic carbocycles. The van der Waals surface area contributed by atoms with Gasteiger partial charge in [0.2, 0.25) is 0 Å². The molecule has 0 fully saturated rings. The Balaban J connectivity index is 2.08. The largest absolute Gasteiger partial charge is 0.384 e. The van der Waals surface area contributed by atoms with Crippen LogP contribution in [0, 0.1) is 5.82 Å². The molecule has 0 amide bonds. The van der Waals surface area contributed by atoms with Crippen LogP contribution in [0.3, 0.4) is 0 Å². The average molecular weight is 338 g/mol. The molecule has 4 heteroatoms. The third kappa shape index (κ3) is 4.05. The summed E-state index contributed by atoms with van der Waals surface area (Å²) in [6, 6.07) is 12.8. The molecule has 2 aromatic rings. The quantitative estimate of drug-likeness (QED) is 0.844. The third-order valence-electron chi connectivity index (χ3n) is 3.07. The summed E-state index contributed by atoms with van der Waals surface area (Å²) in [6.45, 7) is 1.25. The summed E-state index contributed by atoms with van der Waals surface area (Å²) >= 11 is 3.44. The Hall–Kier alpha value is -1.39. The molecule has 0 spiro atoms. The lowest BCUT2D eigenvalue weighted by Gasteiger charge is -2.13. The van der Waals surface area contributed by atoms with Crippen LogP contribution in [-0.2, 0) is 17.7 Å². The number of ether oxygens (including phenoxy) is 1. The lowest BCUT2D eigenvalue weighted by atomic mass is 10.1. The Kier molecular flexibility index (Phi) is 5.56. The number of anilines is 1. The summed E-state index contributed by atoms with van der Waals surface area (Å²) in [5, 5.41) is 3.35. The molecule has 0 unspecified atom stereocenters. The minimum atomic E-state index is -0.224. The van der Waals surface area contributed by atoms with Crippen molar-refractivity contribution in [1.82, 2.24) is 0 Å². The molecule has 0 aliphatic heterocycles. The highest BCUT2D eigenvalue weighted by Crippen LogP contribution is 2.21. The summed E-state index contributed by atoms with van der Waals surface area (Å²) < 4.78 is 19.3. The molecule has 20 heavy (non-hydrogen) atoms. The molecule has 0 saturated heterocycles. The molecule has 106 valence electrons. The van der Waals surface area contributed by atoms with Crippen molar-refractivity contribution >= 4 is 21.6 Å². The SMILES string of the molecule is COCCc1ccccc1NCc1cc(F)ccc1Br. The molecule has 0 heterocycles. The second-order valence-electron chi connectivity index (χ2n) is 4.49. The summed E-state index contributed by atoms with van der Waals surface area (Å²) in [5.74, 6) is -0.224. The lowest BCUT2D eigenvalue weighted by Crippen LogP contribution is -2.05. The average Bonchev–Trinajstić information content (AvgIpc) is 2.47. The van der Waals surface area contributed by atoms with E-state index in [1.54, 1.807) is 13.2 Å². The molecule has 0 aliphatic carbocycles. The minimum absolute atomic E-state index is 0.224. The molecule has 0 aromatic heterocycles. The maximum absolute atomic E-state index is 13.3. The Morgan fingerprint density at radius 3 is 2.75 bits per heavy atom. The van der Waals surface area contributed by atoms with Crippen molar-refractivity contribution in [2.24, 2.45) is 0 Å². The van der Waals surface area contributed by atoms with Crippen molar-refractivity contribution in [3.8, 4) is 0 Å². The number of benzene rings is 2. The van der Waals surface area contributed by atoms with E-state index in [1.807, 2.05) is 18.2 Å². The van der Waals surface area contributed by atoms with Crippen molar-refractivity contribution in [1.29, 1.82) is 0 Å². The van der Waals surface area contributed by atoms with Gasteiger partial charge in [0.05, 0.1) is 6.61 Å². The fraction of sp³-hybridized carbons (Fsp3) is 0.250. The number of halogens is 2. The Morgan fingerprint density at radius 1 is 1.15 bits per heavy atom. The van der Waals surface area contributed by atoms with Crippen LogP contribution in [0.15, 0.2) is 46.9 Å². The van der Waals surface area contributed by atoms with Crippen molar-refractivity contribution in [3.63, 3.8) is 0 Å². The van der Waals surface area contributed by atoms with Crippen LogP contribution in [0.2, 0.25) is 0 Å². The third-order valence-corrected chi connectivity index (χ3v) is 3.84. The van der Waals surface area contributed by atoms with Gasteiger partial charge < -0.3 is 10.1 Å². The van der Waals surface area contributed by atoms with Gasteiger partial charge in [0, 0.05) is 23.8 Å². The van der Waals surface area contributed by atoms with Gasteiger partial charge in [0.1, 0.15) is 5.82 Å². The van der Waals surface area contributed by atoms with Crippen LogP contribution >= 0.6 is 15.9 Å². The second-order valence-corrected chi connectivity index (χ2v) is 5.34. The molecular formula is C16H17BrFNO. The molecule has 0 bridgehead atoms. The first-order valence-corrected chi connectivity index (χ1v) is 7.24. The minimum Gasteiger partial charge on any atom is -0.384 e. The van der Waals surface area contributed by atoms with Gasteiger partial charge in [-0.25, -0.2) is 4.39 Å². The van der Waals surface area contributed by atoms with E-state index in [1.165, 1.54) is 17.7 Å². The first kappa shape index (κ1) is 15.0. The Morgan fingerprint density at radius 2 is 1.95 bits per heavy atom. The van der Waals surface area contributed by atoms with Crippen LogP contribution < -0.4 is 5.32 Å². The van der Waals surface area contributed by atoms with Crippen molar-refractivity contribution in [2.75, 3.05) is 19.0 Å². The first-order valence-electron chi connectivity index (χ1n) is 6.45. The highest BCUT2D eigenvalue weighted by Gasteiger charge is 2.04. The molecule has 0 saturated carbocycles. The molecule has 0 radical (unpaired) electrons. The van der Waals surface area contributed by atoms with Crippen LogP contribution in [-0.4, -0.2) is 13.7 Å². The Labute approximate surface area is 127 Å². The zero-order chi connectivity index (χ0) is 14.4. The predicted molar refractivity (Wildman–Crippen MR) is 83.4 cm³/mol. The highest BCUT2D eigenvalue weighted by molar-refractivity contribution is 9.10. The van der Waals surface area contributed by atoms with Gasteiger partial charge in [-0.15, -0.1) is 0 Å². The van der Waals surface area contributed by atoms with Crippen molar-refractivity contribution < 1.29 is 9.13 Å². The summed E-state index contributed by atoms with van der Waals surface area (Å²) in [5.41, 5.74) is 3.15. The second kappa shape index (κ2) is 7.41. The zero-order valence-electron chi connectivity index (χ0n) is 11.3. The van der Waals surface area contributed by atoms with Gasteiger partial charge in [0.15, 0.2) is 0 Å².